The Morgan fingerprint density at radius 1 is 1.43 bits per heavy atom. The predicted molar refractivity (Wildman–Crippen MR) is 58.8 cm³/mol. The van der Waals surface area contributed by atoms with E-state index in [0.717, 1.165) is 17.5 Å². The number of aryl methyl sites for hydroxylation is 2. The summed E-state index contributed by atoms with van der Waals surface area (Å²) in [6, 6.07) is 6.09. The zero-order valence-electron chi connectivity index (χ0n) is 9.05. The van der Waals surface area contributed by atoms with Gasteiger partial charge in [0.1, 0.15) is 0 Å². The molecular formula is C12H17NO. The maximum atomic E-state index is 11.7. The molecule has 0 heterocycles. The topological polar surface area (TPSA) is 29.1 Å². The Labute approximate surface area is 85.3 Å². The Balaban J connectivity index is 2.99. The molecule has 0 saturated carbocycles. The van der Waals surface area contributed by atoms with Crippen molar-refractivity contribution in [2.45, 2.75) is 20.3 Å². The summed E-state index contributed by atoms with van der Waals surface area (Å²) in [6.45, 7) is 4.48. The summed E-state index contributed by atoms with van der Waals surface area (Å²) in [7, 11) is 1.79. The molecule has 14 heavy (non-hydrogen) atoms. The van der Waals surface area contributed by atoms with Gasteiger partial charge in [0.2, 0.25) is 0 Å². The molecular weight excluding hydrogens is 174 g/mol. The normalized spacial score (nSPS) is 10.2. The minimum Gasteiger partial charge on any atom is -0.313 e. The highest BCUT2D eigenvalue weighted by Crippen LogP contribution is 2.12. The van der Waals surface area contributed by atoms with Gasteiger partial charge in [-0.25, -0.2) is 0 Å². The third-order valence-electron chi connectivity index (χ3n) is 2.35. The van der Waals surface area contributed by atoms with Crippen molar-refractivity contribution in [2.24, 2.45) is 0 Å². The minimum atomic E-state index is 0.167. The third kappa shape index (κ3) is 2.42. The molecule has 0 fully saturated rings. The van der Waals surface area contributed by atoms with Crippen molar-refractivity contribution in [3.05, 3.63) is 34.9 Å². The predicted octanol–water partition coefficient (Wildman–Crippen LogP) is 1.96. The number of nitrogens with one attached hydrogen (secondary N) is 1. The molecule has 0 spiro atoms. The van der Waals surface area contributed by atoms with Crippen molar-refractivity contribution >= 4 is 5.78 Å². The van der Waals surface area contributed by atoms with Gasteiger partial charge in [0.25, 0.3) is 0 Å². The van der Waals surface area contributed by atoms with Crippen LogP contribution in [-0.4, -0.2) is 19.4 Å². The second-order valence-electron chi connectivity index (χ2n) is 3.46. The number of hydrogen-bond donors (Lipinski definition) is 1. The van der Waals surface area contributed by atoms with Gasteiger partial charge >= 0.3 is 0 Å². The molecule has 0 aliphatic rings. The molecule has 76 valence electrons. The molecule has 1 rings (SSSR count). The molecule has 2 nitrogen and oxygen atoms in total. The average Bonchev–Trinajstić information content (AvgIpc) is 2.19. The summed E-state index contributed by atoms with van der Waals surface area (Å²) in [6.07, 6.45) is 0.972. The van der Waals surface area contributed by atoms with Crippen LogP contribution in [0.25, 0.3) is 0 Å². The largest absolute Gasteiger partial charge is 0.313 e. The van der Waals surface area contributed by atoms with E-state index in [1.165, 1.54) is 5.56 Å². The van der Waals surface area contributed by atoms with Gasteiger partial charge in [0.05, 0.1) is 6.54 Å². The first-order valence-electron chi connectivity index (χ1n) is 4.96. The highest BCUT2D eigenvalue weighted by molar-refractivity contribution is 5.99. The van der Waals surface area contributed by atoms with E-state index in [2.05, 4.69) is 18.3 Å². The number of likely N-dealkylation sites (N-methyl/N-ethyl adjacent to an activating group) is 1. The summed E-state index contributed by atoms with van der Waals surface area (Å²) >= 11 is 0. The molecule has 0 aromatic heterocycles. The maximum Gasteiger partial charge on any atom is 0.176 e. The second-order valence-corrected chi connectivity index (χ2v) is 3.46. The van der Waals surface area contributed by atoms with E-state index in [1.807, 2.05) is 19.1 Å². The number of hydrogen-bond acceptors (Lipinski definition) is 2. The average molecular weight is 191 g/mol. The summed E-state index contributed by atoms with van der Waals surface area (Å²) in [5, 5.41) is 2.88. The molecule has 1 aromatic rings. The van der Waals surface area contributed by atoms with E-state index < -0.39 is 0 Å². The summed E-state index contributed by atoms with van der Waals surface area (Å²) in [4.78, 5) is 11.7. The van der Waals surface area contributed by atoms with Crippen LogP contribution in [0.2, 0.25) is 0 Å². The fourth-order valence-electron chi connectivity index (χ4n) is 1.45. The van der Waals surface area contributed by atoms with Crippen molar-refractivity contribution in [2.75, 3.05) is 13.6 Å². The number of rotatable bonds is 4. The van der Waals surface area contributed by atoms with Crippen LogP contribution in [0.4, 0.5) is 0 Å². The van der Waals surface area contributed by atoms with E-state index in [-0.39, 0.29) is 5.78 Å². The summed E-state index contributed by atoms with van der Waals surface area (Å²) in [5.74, 6) is 0.167. The highest BCUT2D eigenvalue weighted by atomic mass is 16.1. The van der Waals surface area contributed by atoms with Crippen LogP contribution in [0, 0.1) is 6.92 Å². The Kier molecular flexibility index (Phi) is 3.84. The number of ketones is 1. The van der Waals surface area contributed by atoms with Crippen LogP contribution in [0.5, 0.6) is 0 Å². The van der Waals surface area contributed by atoms with Crippen molar-refractivity contribution in [1.29, 1.82) is 0 Å². The lowest BCUT2D eigenvalue weighted by Crippen LogP contribution is -2.19. The number of carbonyl (C=O) groups is 1. The lowest BCUT2D eigenvalue weighted by Gasteiger charge is -2.06. The van der Waals surface area contributed by atoms with Crippen LogP contribution >= 0.6 is 0 Å². The van der Waals surface area contributed by atoms with Gasteiger partial charge in [-0.2, -0.15) is 0 Å². The maximum absolute atomic E-state index is 11.7. The van der Waals surface area contributed by atoms with E-state index >= 15 is 0 Å². The van der Waals surface area contributed by atoms with E-state index in [1.54, 1.807) is 7.05 Å². The first-order valence-corrected chi connectivity index (χ1v) is 4.96. The fourth-order valence-corrected chi connectivity index (χ4v) is 1.45. The molecule has 2 heteroatoms. The molecule has 0 aliphatic heterocycles. The Bertz CT molecular complexity index is 331. The Morgan fingerprint density at radius 2 is 2.14 bits per heavy atom. The van der Waals surface area contributed by atoms with Crippen LogP contribution < -0.4 is 5.32 Å². The van der Waals surface area contributed by atoms with Gasteiger partial charge in [0.15, 0.2) is 5.78 Å². The summed E-state index contributed by atoms with van der Waals surface area (Å²) < 4.78 is 0. The lowest BCUT2D eigenvalue weighted by atomic mass is 10.0. The molecule has 0 radical (unpaired) electrons. The minimum absolute atomic E-state index is 0.167. The number of carbonyl (C=O) groups excluding carboxylic acids is 1. The van der Waals surface area contributed by atoms with Crippen LogP contribution in [0.3, 0.4) is 0 Å². The summed E-state index contributed by atoms with van der Waals surface area (Å²) in [5.41, 5.74) is 3.12. The molecule has 0 saturated heterocycles. The van der Waals surface area contributed by atoms with Crippen molar-refractivity contribution < 1.29 is 4.79 Å². The second kappa shape index (κ2) is 4.91. The standard InChI is InChI=1S/C12H17NO/c1-4-10-6-5-9(2)11(7-10)12(14)8-13-3/h5-7,13H,4,8H2,1-3H3. The molecule has 0 atom stereocenters. The zero-order chi connectivity index (χ0) is 10.6. The van der Waals surface area contributed by atoms with Crippen LogP contribution in [0.15, 0.2) is 18.2 Å². The number of benzene rings is 1. The number of Topliss-reactive ketones (excluding diaryl/α,β-unsaturated/α-hetero) is 1. The van der Waals surface area contributed by atoms with Gasteiger partial charge in [-0.3, -0.25) is 4.79 Å². The fraction of sp³-hybridized carbons (Fsp3) is 0.417. The van der Waals surface area contributed by atoms with E-state index in [0.29, 0.717) is 6.54 Å². The molecule has 0 amide bonds. The van der Waals surface area contributed by atoms with Crippen molar-refractivity contribution in [3.8, 4) is 0 Å². The van der Waals surface area contributed by atoms with Crippen molar-refractivity contribution in [1.82, 2.24) is 5.32 Å². The molecule has 1 N–H and O–H groups in total. The SMILES string of the molecule is CCc1ccc(C)c(C(=O)CNC)c1. The Hall–Kier alpha value is -1.15. The molecule has 1 aromatic carbocycles. The quantitative estimate of drug-likeness (QED) is 0.737. The highest BCUT2D eigenvalue weighted by Gasteiger charge is 2.07. The molecule has 0 bridgehead atoms. The van der Waals surface area contributed by atoms with E-state index in [4.69, 9.17) is 0 Å². The first kappa shape index (κ1) is 10.9. The molecule has 0 unspecified atom stereocenters. The molecule has 0 aliphatic carbocycles. The Morgan fingerprint density at radius 3 is 2.71 bits per heavy atom. The first-order chi connectivity index (χ1) is 6.69. The van der Waals surface area contributed by atoms with Crippen LogP contribution in [-0.2, 0) is 6.42 Å². The van der Waals surface area contributed by atoms with Crippen LogP contribution in [0.1, 0.15) is 28.4 Å². The van der Waals surface area contributed by atoms with Gasteiger partial charge in [-0.15, -0.1) is 0 Å². The lowest BCUT2D eigenvalue weighted by molar-refractivity contribution is 0.0993. The van der Waals surface area contributed by atoms with Gasteiger partial charge in [-0.05, 0) is 37.6 Å². The third-order valence-corrected chi connectivity index (χ3v) is 2.35. The van der Waals surface area contributed by atoms with E-state index in [9.17, 15) is 4.79 Å². The van der Waals surface area contributed by atoms with Gasteiger partial charge in [-0.1, -0.05) is 19.1 Å². The van der Waals surface area contributed by atoms with Gasteiger partial charge < -0.3 is 5.32 Å². The monoisotopic (exact) mass is 191 g/mol. The zero-order valence-corrected chi connectivity index (χ0v) is 9.05. The smallest absolute Gasteiger partial charge is 0.176 e. The van der Waals surface area contributed by atoms with Crippen molar-refractivity contribution in [3.63, 3.8) is 0 Å². The van der Waals surface area contributed by atoms with Gasteiger partial charge in [0, 0.05) is 5.56 Å².